The molecule has 0 aromatic heterocycles. The highest BCUT2D eigenvalue weighted by Crippen LogP contribution is 2.73. The Morgan fingerprint density at radius 3 is 1.14 bits per heavy atom. The molecule has 10 bridgehead atoms. The molecule has 0 saturated heterocycles. The molecule has 10 heteroatoms. The van der Waals surface area contributed by atoms with Gasteiger partial charge in [0.15, 0.2) is 0 Å². The fourth-order valence-corrected chi connectivity index (χ4v) is 25.8. The zero-order chi connectivity index (χ0) is 72.7. The summed E-state index contributed by atoms with van der Waals surface area (Å²) in [6, 6.07) is 0. The number of hydrogen-bond donors (Lipinski definition) is 0. The Hall–Kier alpha value is -2.65. The highest BCUT2D eigenvalue weighted by Gasteiger charge is 2.70. The summed E-state index contributed by atoms with van der Waals surface area (Å²) >= 11 is 0. The molecule has 15 aliphatic carbocycles. The molecule has 0 amide bonds. The highest BCUT2D eigenvalue weighted by atomic mass is 16.6. The van der Waals surface area contributed by atoms with Crippen LogP contribution in [0.1, 0.15) is 430 Å². The number of fused-ring (bicyclic) bond motifs is 25. The molecular formula is C99H186O10. The van der Waals surface area contributed by atoms with Crippen molar-refractivity contribution in [1.29, 1.82) is 0 Å². The summed E-state index contributed by atoms with van der Waals surface area (Å²) in [5, 5.41) is 0. The van der Waals surface area contributed by atoms with Gasteiger partial charge in [0.25, 0.3) is 0 Å². The minimum absolute atomic E-state index is 0. The molecule has 15 aliphatic rings. The maximum absolute atomic E-state index is 12.7. The molecule has 0 N–H and O–H groups in total. The van der Waals surface area contributed by atoms with Gasteiger partial charge in [0.1, 0.15) is 28.0 Å². The van der Waals surface area contributed by atoms with E-state index in [0.29, 0.717) is 23.7 Å². The Morgan fingerprint density at radius 2 is 0.651 bits per heavy atom. The second-order valence-corrected chi connectivity index (χ2v) is 41.7. The van der Waals surface area contributed by atoms with Crippen molar-refractivity contribution in [3.63, 3.8) is 0 Å². The van der Waals surface area contributed by atoms with Crippen LogP contribution in [-0.2, 0) is 47.7 Å². The van der Waals surface area contributed by atoms with E-state index in [2.05, 4.69) is 69.2 Å². The van der Waals surface area contributed by atoms with Gasteiger partial charge in [-0.1, -0.05) is 160 Å². The minimum atomic E-state index is -0.343. The molecule has 0 heterocycles. The summed E-state index contributed by atoms with van der Waals surface area (Å²) in [4.78, 5) is 62.4. The summed E-state index contributed by atoms with van der Waals surface area (Å²) in [6.45, 7) is 41.5. The first kappa shape index (κ1) is 102. The van der Waals surface area contributed by atoms with Gasteiger partial charge in [0.2, 0.25) is 0 Å². The van der Waals surface area contributed by atoms with Crippen molar-refractivity contribution >= 4 is 29.8 Å². The van der Waals surface area contributed by atoms with Crippen molar-refractivity contribution in [3.8, 4) is 0 Å². The number of hydrogen-bond acceptors (Lipinski definition) is 10. The Bertz CT molecular complexity index is 2880. The maximum Gasteiger partial charge on any atom is 0.312 e. The van der Waals surface area contributed by atoms with Crippen LogP contribution in [0.4, 0.5) is 0 Å². The molecule has 109 heavy (non-hydrogen) atoms. The Labute approximate surface area is 677 Å². The van der Waals surface area contributed by atoms with E-state index in [0.717, 1.165) is 172 Å². The van der Waals surface area contributed by atoms with Gasteiger partial charge in [0.05, 0.1) is 27.1 Å². The van der Waals surface area contributed by atoms with Gasteiger partial charge in [-0.05, 0) is 365 Å². The maximum atomic E-state index is 12.7. The molecule has 0 aromatic rings. The van der Waals surface area contributed by atoms with Gasteiger partial charge in [0, 0.05) is 23.7 Å². The molecule has 10 nitrogen and oxygen atoms in total. The first-order valence-corrected chi connectivity index (χ1v) is 43.1. The van der Waals surface area contributed by atoms with Crippen LogP contribution in [0.25, 0.3) is 0 Å². The fraction of sp³-hybridized carbons (Fsp3) is 0.949. The SMILES string of the molecule is C.C.C.C.C.C.C.C.C.CCC(C)(C)C(=O)OC1(C)CC2CC1C1C3CCC(C3)C21.CCC(C)(C)C(=O)OC1(C)CC2CC1C1CCCC21.CCC(C)(C)C(=O)OC1(C)CCC2CCCCC2C1.CCC(C)(C)C(=O)OC1(C)CCCC2CCCCC21.CCC(C)(C)C(=O)OC1(CC)CC2CC1C1C3CCC(C3)C21. The van der Waals surface area contributed by atoms with Crippen molar-refractivity contribution in [2.24, 2.45) is 145 Å². The molecule has 0 aliphatic heterocycles. The van der Waals surface area contributed by atoms with E-state index in [-0.39, 0.29) is 152 Å². The number of ether oxygens (including phenoxy) is 5. The molecule has 0 spiro atoms. The number of carbonyl (C=O) groups excluding carboxylic acids is 5. The lowest BCUT2D eigenvalue weighted by molar-refractivity contribution is -0.185. The van der Waals surface area contributed by atoms with Crippen LogP contribution in [0.2, 0.25) is 0 Å². The van der Waals surface area contributed by atoms with Crippen molar-refractivity contribution in [1.82, 2.24) is 0 Å². The average molecular weight is 1540 g/mol. The molecule has 0 aromatic carbocycles. The first-order valence-electron chi connectivity index (χ1n) is 43.1. The van der Waals surface area contributed by atoms with Crippen molar-refractivity contribution < 1.29 is 47.7 Å². The normalized spacial score (nSPS) is 39.7. The smallest absolute Gasteiger partial charge is 0.312 e. The van der Waals surface area contributed by atoms with Crippen molar-refractivity contribution in [3.05, 3.63) is 0 Å². The molecule has 15 saturated carbocycles. The lowest BCUT2D eigenvalue weighted by Crippen LogP contribution is -2.49. The van der Waals surface area contributed by atoms with E-state index >= 15 is 0 Å². The zero-order valence-electron chi connectivity index (χ0n) is 67.9. The van der Waals surface area contributed by atoms with Crippen LogP contribution in [0.5, 0.6) is 0 Å². The van der Waals surface area contributed by atoms with Gasteiger partial charge in [-0.3, -0.25) is 24.0 Å². The molecule has 25 atom stereocenters. The summed E-state index contributed by atoms with van der Waals surface area (Å²) in [5.41, 5.74) is -2.55. The topological polar surface area (TPSA) is 132 Å². The highest BCUT2D eigenvalue weighted by molar-refractivity contribution is 5.78. The molecule has 15 rings (SSSR count). The van der Waals surface area contributed by atoms with E-state index in [9.17, 15) is 24.0 Å². The van der Waals surface area contributed by atoms with Crippen molar-refractivity contribution in [2.45, 2.75) is 458 Å². The number of rotatable bonds is 16. The van der Waals surface area contributed by atoms with Gasteiger partial charge in [-0.2, -0.15) is 0 Å². The quantitative estimate of drug-likeness (QED) is 0.0836. The standard InChI is InChI=1S/C20H32O2.C19H30O2.C17H28O2.2C17H30O2.9CH4/c1-5-19(3,4)18(21)22-20(6-2)11-14-10-15(20)17-13-8-7-12(9-13)16(14)17;1-5-18(2,3)17(20)21-19(4)10-13-9-14(19)16-12-7-6-11(8-12)15(13)16;1-5-16(2,3)15(18)19-17(4)10-11-9-14(17)13-8-6-7-12(11)13;1-5-16(2,3)15(18)19-17(4)12-8-10-13-9-6-7-11-14(13)17;1-5-16(2,3)15(18)19-17(4)11-10-13-8-6-7-9-14(13)12-17;;;;;;;;;/h12-17H,5-11H2,1-4H3;11-16H,5-10H2,1-4H3;11-14H,5-10H2,1-4H3;2*13-14H,5-12H2,1-4H3;9*1H4. The molecule has 15 fully saturated rings. The van der Waals surface area contributed by atoms with Gasteiger partial charge in [-0.15, -0.1) is 0 Å². The van der Waals surface area contributed by atoms with E-state index in [4.69, 9.17) is 23.7 Å². The monoisotopic (exact) mass is 1540 g/mol. The second kappa shape index (κ2) is 38.6. The summed E-state index contributed by atoms with van der Waals surface area (Å²) in [6.07, 6.45) is 43.5. The Balaban J connectivity index is 0.000000454. The van der Waals surface area contributed by atoms with Gasteiger partial charge in [-0.25, -0.2) is 0 Å². The van der Waals surface area contributed by atoms with Crippen LogP contribution in [0.15, 0.2) is 0 Å². The van der Waals surface area contributed by atoms with Gasteiger partial charge < -0.3 is 23.7 Å². The van der Waals surface area contributed by atoms with E-state index in [1.807, 2.05) is 69.2 Å². The molecule has 25 unspecified atom stereocenters. The minimum Gasteiger partial charge on any atom is -0.459 e. The number of esters is 5. The van der Waals surface area contributed by atoms with Crippen LogP contribution in [0.3, 0.4) is 0 Å². The molecule has 642 valence electrons. The van der Waals surface area contributed by atoms with Crippen LogP contribution in [0, 0.1) is 145 Å². The summed E-state index contributed by atoms with van der Waals surface area (Å²) in [7, 11) is 0. The van der Waals surface area contributed by atoms with Crippen molar-refractivity contribution in [2.75, 3.05) is 0 Å². The first-order chi connectivity index (χ1) is 46.9. The third kappa shape index (κ3) is 20.0. The van der Waals surface area contributed by atoms with Crippen LogP contribution >= 0.6 is 0 Å². The second-order valence-electron chi connectivity index (χ2n) is 41.7. The largest absolute Gasteiger partial charge is 0.459 e. The fourth-order valence-electron chi connectivity index (χ4n) is 25.8. The van der Waals surface area contributed by atoms with E-state index in [1.54, 1.807) is 0 Å². The van der Waals surface area contributed by atoms with Crippen LogP contribution < -0.4 is 0 Å². The summed E-state index contributed by atoms with van der Waals surface area (Å²) in [5.74, 6) is 17.1. The zero-order valence-corrected chi connectivity index (χ0v) is 67.9. The van der Waals surface area contributed by atoms with E-state index in [1.165, 1.54) is 148 Å². The Kier molecular flexibility index (Phi) is 36.3. The third-order valence-corrected chi connectivity index (χ3v) is 33.9. The third-order valence-electron chi connectivity index (χ3n) is 33.9. The van der Waals surface area contributed by atoms with E-state index < -0.39 is 0 Å². The number of carbonyl (C=O) groups is 5. The molecule has 0 radical (unpaired) electrons. The lowest BCUT2D eigenvalue weighted by Gasteiger charge is -2.48. The molecular weight excluding hydrogens is 1350 g/mol. The lowest BCUT2D eigenvalue weighted by atomic mass is 9.63. The Morgan fingerprint density at radius 1 is 0.284 bits per heavy atom. The predicted molar refractivity (Wildman–Crippen MR) is 462 cm³/mol. The van der Waals surface area contributed by atoms with Gasteiger partial charge >= 0.3 is 29.8 Å². The summed E-state index contributed by atoms with van der Waals surface area (Å²) < 4.78 is 30.5. The average Bonchev–Trinajstić information content (AvgIpc) is 1.54. The predicted octanol–water partition coefficient (Wildman–Crippen LogP) is 28.6. The van der Waals surface area contributed by atoms with Crippen LogP contribution in [-0.4, -0.2) is 57.9 Å².